The third-order valence-corrected chi connectivity index (χ3v) is 7.57. The minimum Gasteiger partial charge on any atom is -0.508 e. The Morgan fingerprint density at radius 2 is 1.74 bits per heavy atom. The van der Waals surface area contributed by atoms with Crippen molar-refractivity contribution in [3.05, 3.63) is 53.6 Å². The highest BCUT2D eigenvalue weighted by molar-refractivity contribution is 6.04. The summed E-state index contributed by atoms with van der Waals surface area (Å²) in [5.41, 5.74) is 2.24. The molecule has 4 rings (SSSR count). The van der Waals surface area contributed by atoms with Crippen LogP contribution in [0.15, 0.2) is 42.5 Å². The fourth-order valence-electron chi connectivity index (χ4n) is 5.57. The quantitative estimate of drug-likeness (QED) is 0.425. The van der Waals surface area contributed by atoms with Gasteiger partial charge in [-0.3, -0.25) is 4.79 Å². The van der Waals surface area contributed by atoms with Gasteiger partial charge in [0, 0.05) is 17.3 Å². The van der Waals surface area contributed by atoms with Crippen LogP contribution in [0.2, 0.25) is 0 Å². The van der Waals surface area contributed by atoms with E-state index in [1.165, 1.54) is 51.5 Å². The second-order valence-electron chi connectivity index (χ2n) is 9.86. The monoisotopic (exact) mass is 464 g/mol. The highest BCUT2D eigenvalue weighted by Crippen LogP contribution is 2.36. The fraction of sp³-hybridized carbons (Fsp3) is 0.552. The third kappa shape index (κ3) is 6.53. The Balaban J connectivity index is 1.30. The van der Waals surface area contributed by atoms with Crippen molar-refractivity contribution in [1.82, 2.24) is 4.90 Å². The molecule has 2 aliphatic rings. The molecule has 1 aliphatic carbocycles. The summed E-state index contributed by atoms with van der Waals surface area (Å²) in [7, 11) is 0. The predicted molar refractivity (Wildman–Crippen MR) is 138 cm³/mol. The molecule has 2 aromatic rings. The molecule has 2 N–H and O–H groups in total. The Morgan fingerprint density at radius 3 is 2.47 bits per heavy atom. The molecule has 1 aliphatic heterocycles. The summed E-state index contributed by atoms with van der Waals surface area (Å²) in [4.78, 5) is 15.5. The number of likely N-dealkylation sites (tertiary alicyclic amines) is 1. The number of piperidine rings is 1. The van der Waals surface area contributed by atoms with Crippen LogP contribution in [0.3, 0.4) is 0 Å². The molecule has 5 nitrogen and oxygen atoms in total. The highest BCUT2D eigenvalue weighted by Gasteiger charge is 2.21. The molecule has 2 aromatic carbocycles. The Bertz CT molecular complexity index is 919. The van der Waals surface area contributed by atoms with Crippen molar-refractivity contribution in [1.29, 1.82) is 0 Å². The number of hydrogen-bond acceptors (Lipinski definition) is 4. The zero-order valence-corrected chi connectivity index (χ0v) is 20.6. The van der Waals surface area contributed by atoms with Crippen LogP contribution in [-0.4, -0.2) is 41.7 Å². The van der Waals surface area contributed by atoms with E-state index in [0.29, 0.717) is 29.9 Å². The van der Waals surface area contributed by atoms with Crippen LogP contribution < -0.4 is 10.1 Å². The molecule has 0 spiro atoms. The van der Waals surface area contributed by atoms with E-state index >= 15 is 0 Å². The molecule has 2 fully saturated rings. The lowest BCUT2D eigenvalue weighted by atomic mass is 9.90. The molecule has 5 heteroatoms. The Morgan fingerprint density at radius 1 is 1.00 bits per heavy atom. The summed E-state index contributed by atoms with van der Waals surface area (Å²) in [6.45, 7) is 5.27. The van der Waals surface area contributed by atoms with Gasteiger partial charge in [0.25, 0.3) is 5.91 Å². The van der Waals surface area contributed by atoms with Crippen LogP contribution in [-0.2, 0) is 0 Å². The second-order valence-corrected chi connectivity index (χ2v) is 9.86. The van der Waals surface area contributed by atoms with Crippen LogP contribution in [0.25, 0.3) is 0 Å². The number of nitrogens with zero attached hydrogens (tertiary/aromatic N) is 1. The van der Waals surface area contributed by atoms with E-state index in [4.69, 9.17) is 4.74 Å². The van der Waals surface area contributed by atoms with Crippen molar-refractivity contribution in [3.63, 3.8) is 0 Å². The number of benzene rings is 2. The van der Waals surface area contributed by atoms with E-state index in [2.05, 4.69) is 17.1 Å². The lowest BCUT2D eigenvalue weighted by Crippen LogP contribution is -2.40. The number of phenolic OH excluding ortho intramolecular Hbond substituents is 1. The first-order valence-corrected chi connectivity index (χ1v) is 13.2. The fourth-order valence-corrected chi connectivity index (χ4v) is 5.57. The van der Waals surface area contributed by atoms with Crippen LogP contribution in [0.5, 0.6) is 11.5 Å². The molecule has 1 atom stereocenters. The molecule has 1 amide bonds. The van der Waals surface area contributed by atoms with Gasteiger partial charge in [0.15, 0.2) is 0 Å². The Labute approximate surface area is 204 Å². The number of nitrogens with one attached hydrogen (secondary N) is 1. The predicted octanol–water partition coefficient (Wildman–Crippen LogP) is 6.73. The average Bonchev–Trinajstić information content (AvgIpc) is 3.15. The maximum absolute atomic E-state index is 12.9. The number of aromatic hydroxyl groups is 1. The molecule has 1 unspecified atom stereocenters. The molecular weight excluding hydrogens is 424 g/mol. The van der Waals surface area contributed by atoms with Crippen molar-refractivity contribution < 1.29 is 14.6 Å². The van der Waals surface area contributed by atoms with Crippen molar-refractivity contribution in [3.8, 4) is 11.5 Å². The van der Waals surface area contributed by atoms with E-state index in [1.807, 2.05) is 30.3 Å². The highest BCUT2D eigenvalue weighted by atomic mass is 16.5. The first-order chi connectivity index (χ1) is 16.6. The second kappa shape index (κ2) is 12.3. The van der Waals surface area contributed by atoms with Gasteiger partial charge < -0.3 is 20.1 Å². The number of hydrogen-bond donors (Lipinski definition) is 2. The van der Waals surface area contributed by atoms with Gasteiger partial charge in [-0.2, -0.15) is 0 Å². The molecular formula is C29H40N2O3. The van der Waals surface area contributed by atoms with Crippen molar-refractivity contribution in [2.75, 3.05) is 25.0 Å². The van der Waals surface area contributed by atoms with Gasteiger partial charge in [0.2, 0.25) is 0 Å². The van der Waals surface area contributed by atoms with Crippen molar-refractivity contribution >= 4 is 11.6 Å². The summed E-state index contributed by atoms with van der Waals surface area (Å²) in [5, 5.41) is 13.4. The molecule has 184 valence electrons. The molecule has 1 saturated carbocycles. The number of anilines is 1. The molecule has 1 saturated heterocycles. The van der Waals surface area contributed by atoms with Gasteiger partial charge in [-0.25, -0.2) is 0 Å². The summed E-state index contributed by atoms with van der Waals surface area (Å²) < 4.78 is 5.99. The van der Waals surface area contributed by atoms with E-state index in [9.17, 15) is 9.90 Å². The molecule has 0 aromatic heterocycles. The first-order valence-electron chi connectivity index (χ1n) is 13.2. The zero-order valence-electron chi connectivity index (χ0n) is 20.6. The summed E-state index contributed by atoms with van der Waals surface area (Å²) in [6, 6.07) is 13.5. The summed E-state index contributed by atoms with van der Waals surface area (Å²) >= 11 is 0. The van der Waals surface area contributed by atoms with Gasteiger partial charge in [0.1, 0.15) is 11.5 Å². The van der Waals surface area contributed by atoms with E-state index in [1.54, 1.807) is 12.1 Å². The zero-order chi connectivity index (χ0) is 23.8. The van der Waals surface area contributed by atoms with E-state index < -0.39 is 0 Å². The normalized spacial score (nSPS) is 20.0. The number of ether oxygens (including phenoxy) is 1. The van der Waals surface area contributed by atoms with Gasteiger partial charge in [0.05, 0.1) is 6.61 Å². The van der Waals surface area contributed by atoms with Crippen LogP contribution in [0.1, 0.15) is 93.0 Å². The van der Waals surface area contributed by atoms with Gasteiger partial charge in [-0.15, -0.1) is 0 Å². The largest absolute Gasteiger partial charge is 0.508 e. The van der Waals surface area contributed by atoms with Crippen molar-refractivity contribution in [2.45, 2.75) is 83.1 Å². The molecule has 1 heterocycles. The summed E-state index contributed by atoms with van der Waals surface area (Å²) in [6.07, 6.45) is 12.0. The minimum atomic E-state index is -0.152. The minimum absolute atomic E-state index is 0.152. The first kappa shape index (κ1) is 24.6. The lowest BCUT2D eigenvalue weighted by molar-refractivity contribution is 0.102. The molecule has 0 radical (unpaired) electrons. The topological polar surface area (TPSA) is 61.8 Å². The maximum atomic E-state index is 12.9. The van der Waals surface area contributed by atoms with Crippen LogP contribution in [0, 0.1) is 0 Å². The average molecular weight is 465 g/mol. The van der Waals surface area contributed by atoms with Gasteiger partial charge in [-0.1, -0.05) is 39.0 Å². The van der Waals surface area contributed by atoms with E-state index in [0.717, 1.165) is 42.8 Å². The smallest absolute Gasteiger partial charge is 0.255 e. The van der Waals surface area contributed by atoms with Gasteiger partial charge in [-0.05, 0) is 99.1 Å². The number of carbonyl (C=O) groups excluding carboxylic acids is 1. The van der Waals surface area contributed by atoms with Gasteiger partial charge >= 0.3 is 0 Å². The van der Waals surface area contributed by atoms with E-state index in [-0.39, 0.29) is 5.91 Å². The lowest BCUT2D eigenvalue weighted by Gasteiger charge is -2.34. The summed E-state index contributed by atoms with van der Waals surface area (Å²) in [5.74, 6) is 1.32. The van der Waals surface area contributed by atoms with Crippen LogP contribution in [0.4, 0.5) is 5.69 Å². The number of rotatable bonds is 8. The number of carbonyl (C=O) groups is 1. The number of amides is 1. The number of phenols is 1. The SMILES string of the molecule is CCN1CCCCC1CCOc1ccc(NC(=O)c2ccc(O)c(C3CCCCCC3)c2)cc1. The Kier molecular flexibility index (Phi) is 8.86. The van der Waals surface area contributed by atoms with Crippen molar-refractivity contribution in [2.24, 2.45) is 0 Å². The standard InChI is InChI=1S/C29H40N2O3/c1-2-31-19-8-7-11-25(31)18-20-34-26-15-13-24(14-16-26)30-29(33)23-12-17-28(32)27(21-23)22-9-5-3-4-6-10-22/h12-17,21-22,25,32H,2-11,18-20H2,1H3,(H,30,33). The third-order valence-electron chi connectivity index (χ3n) is 7.57. The molecule has 34 heavy (non-hydrogen) atoms. The molecule has 0 bridgehead atoms. The van der Waals surface area contributed by atoms with Crippen LogP contribution >= 0.6 is 0 Å². The maximum Gasteiger partial charge on any atom is 0.255 e. The Hall–Kier alpha value is -2.53.